The maximum Gasteiger partial charge on any atom is 0.244 e. The van der Waals surface area contributed by atoms with Crippen molar-refractivity contribution in [2.75, 3.05) is 23.7 Å². The third-order valence-corrected chi connectivity index (χ3v) is 8.16. The average Bonchev–Trinajstić information content (AvgIpc) is 2.89. The highest BCUT2D eigenvalue weighted by atomic mass is 35.5. The summed E-state index contributed by atoms with van der Waals surface area (Å²) in [6, 6.07) is 20.4. The molecule has 0 spiro atoms. The van der Waals surface area contributed by atoms with E-state index in [0.717, 1.165) is 16.1 Å². The lowest BCUT2D eigenvalue weighted by molar-refractivity contribution is -0.140. The lowest BCUT2D eigenvalue weighted by Crippen LogP contribution is -2.53. The van der Waals surface area contributed by atoms with Crippen LogP contribution in [0.25, 0.3) is 0 Å². The molecule has 7 nitrogen and oxygen atoms in total. The Hall–Kier alpha value is -3.07. The molecule has 214 valence electrons. The molecule has 1 N–H and O–H groups in total. The van der Waals surface area contributed by atoms with E-state index in [1.807, 2.05) is 50.2 Å². The third kappa shape index (κ3) is 8.71. The van der Waals surface area contributed by atoms with Crippen molar-refractivity contribution in [3.63, 3.8) is 0 Å². The highest BCUT2D eigenvalue weighted by Gasteiger charge is 2.33. The predicted octanol–water partition coefficient (Wildman–Crippen LogP) is 5.48. The van der Waals surface area contributed by atoms with Crippen molar-refractivity contribution in [3.05, 3.63) is 99.5 Å². The quantitative estimate of drug-likeness (QED) is 0.297. The van der Waals surface area contributed by atoms with Gasteiger partial charge in [0.05, 0.1) is 11.9 Å². The number of anilines is 1. The Kier molecular flexibility index (Phi) is 11.0. The fourth-order valence-electron chi connectivity index (χ4n) is 4.27. The Morgan fingerprint density at radius 2 is 1.57 bits per heavy atom. The second-order valence-corrected chi connectivity index (χ2v) is 12.9. The summed E-state index contributed by atoms with van der Waals surface area (Å²) in [4.78, 5) is 29.2. The molecule has 3 aromatic rings. The minimum absolute atomic E-state index is 0.0537. The number of rotatable bonds is 12. The van der Waals surface area contributed by atoms with Crippen LogP contribution >= 0.6 is 23.2 Å². The van der Waals surface area contributed by atoms with Crippen molar-refractivity contribution in [1.29, 1.82) is 0 Å². The van der Waals surface area contributed by atoms with E-state index in [0.29, 0.717) is 33.4 Å². The van der Waals surface area contributed by atoms with Gasteiger partial charge in [-0.2, -0.15) is 0 Å². The first kappa shape index (κ1) is 31.5. The molecule has 3 aromatic carbocycles. The molecule has 0 aliphatic carbocycles. The molecule has 40 heavy (non-hydrogen) atoms. The lowest BCUT2D eigenvalue weighted by atomic mass is 10.0. The zero-order chi connectivity index (χ0) is 29.4. The smallest absolute Gasteiger partial charge is 0.244 e. The van der Waals surface area contributed by atoms with Crippen molar-refractivity contribution in [3.8, 4) is 0 Å². The third-order valence-electron chi connectivity index (χ3n) is 6.38. The van der Waals surface area contributed by atoms with Gasteiger partial charge in [0.25, 0.3) is 0 Å². The molecular weight excluding hydrogens is 569 g/mol. The summed E-state index contributed by atoms with van der Waals surface area (Å²) in [5.74, 6) is -0.659. The van der Waals surface area contributed by atoms with Gasteiger partial charge in [-0.05, 0) is 53.8 Å². The summed E-state index contributed by atoms with van der Waals surface area (Å²) in [6.45, 7) is 5.64. The fraction of sp³-hybridized carbons (Fsp3) is 0.333. The summed E-state index contributed by atoms with van der Waals surface area (Å²) in [5.41, 5.74) is 2.40. The number of amides is 2. The Bertz CT molecular complexity index is 1430. The average molecular weight is 605 g/mol. The van der Waals surface area contributed by atoms with Gasteiger partial charge in [-0.15, -0.1) is 0 Å². The SMILES string of the molecule is Cc1c(Cl)cccc1N(CC(=O)N(Cc1cccc(Cl)c1)[C@H](Cc1ccccc1)C(=O)NCC(C)C)S(C)(=O)=O. The minimum Gasteiger partial charge on any atom is -0.354 e. The number of sulfonamides is 1. The van der Waals surface area contributed by atoms with Gasteiger partial charge < -0.3 is 10.2 Å². The van der Waals surface area contributed by atoms with Gasteiger partial charge in [0.2, 0.25) is 21.8 Å². The normalized spacial score (nSPS) is 12.2. The zero-order valence-corrected chi connectivity index (χ0v) is 25.4. The predicted molar refractivity (Wildman–Crippen MR) is 162 cm³/mol. The van der Waals surface area contributed by atoms with E-state index in [1.165, 1.54) is 4.90 Å². The highest BCUT2D eigenvalue weighted by molar-refractivity contribution is 7.92. The van der Waals surface area contributed by atoms with Gasteiger partial charge in [-0.3, -0.25) is 13.9 Å². The molecule has 0 heterocycles. The number of hydrogen-bond donors (Lipinski definition) is 1. The van der Waals surface area contributed by atoms with Crippen molar-refractivity contribution in [1.82, 2.24) is 10.2 Å². The van der Waals surface area contributed by atoms with Crippen LogP contribution in [0.2, 0.25) is 10.0 Å². The summed E-state index contributed by atoms with van der Waals surface area (Å²) in [7, 11) is -3.89. The fourth-order valence-corrected chi connectivity index (χ4v) is 5.55. The molecule has 0 fully saturated rings. The standard InChI is InChI=1S/C30H35Cl2N3O4S/c1-21(2)18-33-30(37)28(17-23-10-6-5-7-11-23)34(19-24-12-8-13-25(31)16-24)29(36)20-35(40(4,38)39)27-15-9-14-26(32)22(27)3/h5-16,21,28H,17-20H2,1-4H3,(H,33,37)/t28-/m1/s1. The van der Waals surface area contributed by atoms with E-state index in [-0.39, 0.29) is 24.8 Å². The van der Waals surface area contributed by atoms with Crippen LogP contribution in [0.3, 0.4) is 0 Å². The molecule has 10 heteroatoms. The summed E-state index contributed by atoms with van der Waals surface area (Å²) < 4.78 is 26.9. The van der Waals surface area contributed by atoms with Crippen molar-refractivity contribution >= 4 is 50.7 Å². The summed E-state index contributed by atoms with van der Waals surface area (Å²) in [6.07, 6.45) is 1.28. The number of carbonyl (C=O) groups is 2. The van der Waals surface area contributed by atoms with E-state index in [2.05, 4.69) is 5.32 Å². The van der Waals surface area contributed by atoms with E-state index >= 15 is 0 Å². The van der Waals surface area contributed by atoms with Crippen LogP contribution in [-0.2, 0) is 32.6 Å². The Morgan fingerprint density at radius 1 is 0.925 bits per heavy atom. The van der Waals surface area contributed by atoms with E-state index in [9.17, 15) is 18.0 Å². The van der Waals surface area contributed by atoms with Crippen LogP contribution in [0, 0.1) is 12.8 Å². The largest absolute Gasteiger partial charge is 0.354 e. The van der Waals surface area contributed by atoms with E-state index in [4.69, 9.17) is 23.2 Å². The number of nitrogens with one attached hydrogen (secondary N) is 1. The number of carbonyl (C=O) groups excluding carboxylic acids is 2. The Morgan fingerprint density at radius 3 is 2.20 bits per heavy atom. The first-order valence-electron chi connectivity index (χ1n) is 12.9. The van der Waals surface area contributed by atoms with Crippen LogP contribution in [0.15, 0.2) is 72.8 Å². The molecule has 2 amide bonds. The molecule has 1 atom stereocenters. The van der Waals surface area contributed by atoms with Gasteiger partial charge in [0.1, 0.15) is 12.6 Å². The van der Waals surface area contributed by atoms with Gasteiger partial charge in [0, 0.05) is 29.6 Å². The molecule has 0 saturated heterocycles. The maximum absolute atomic E-state index is 14.1. The second-order valence-electron chi connectivity index (χ2n) is 10.1. The van der Waals surface area contributed by atoms with Crippen LogP contribution < -0.4 is 9.62 Å². The maximum atomic E-state index is 14.1. The number of halogens is 2. The Balaban J connectivity index is 2.07. The van der Waals surface area contributed by atoms with Crippen LogP contribution in [0.4, 0.5) is 5.69 Å². The molecule has 0 aromatic heterocycles. The highest BCUT2D eigenvalue weighted by Crippen LogP contribution is 2.29. The monoisotopic (exact) mass is 603 g/mol. The topological polar surface area (TPSA) is 86.8 Å². The molecule has 0 aliphatic heterocycles. The van der Waals surface area contributed by atoms with Crippen molar-refractivity contribution in [2.45, 2.75) is 39.8 Å². The Labute approximate surface area is 247 Å². The molecule has 0 saturated carbocycles. The van der Waals surface area contributed by atoms with Crippen molar-refractivity contribution in [2.24, 2.45) is 5.92 Å². The number of nitrogens with zero attached hydrogens (tertiary/aromatic N) is 2. The van der Waals surface area contributed by atoms with Crippen LogP contribution in [0.1, 0.15) is 30.5 Å². The van der Waals surface area contributed by atoms with Gasteiger partial charge >= 0.3 is 0 Å². The summed E-state index contributed by atoms with van der Waals surface area (Å²) in [5, 5.41) is 3.82. The molecule has 0 aliphatic rings. The number of hydrogen-bond acceptors (Lipinski definition) is 4. The van der Waals surface area contributed by atoms with E-state index in [1.54, 1.807) is 43.3 Å². The molecule has 0 radical (unpaired) electrons. The molecule has 0 bridgehead atoms. The zero-order valence-electron chi connectivity index (χ0n) is 23.1. The van der Waals surface area contributed by atoms with Crippen molar-refractivity contribution < 1.29 is 18.0 Å². The lowest BCUT2D eigenvalue weighted by Gasteiger charge is -2.34. The summed E-state index contributed by atoms with van der Waals surface area (Å²) >= 11 is 12.5. The van der Waals surface area contributed by atoms with E-state index < -0.39 is 28.5 Å². The first-order chi connectivity index (χ1) is 18.9. The second kappa shape index (κ2) is 14.0. The number of benzene rings is 3. The van der Waals surface area contributed by atoms with Gasteiger partial charge in [-0.1, -0.05) is 85.6 Å². The van der Waals surface area contributed by atoms with Crippen LogP contribution in [-0.4, -0.2) is 50.5 Å². The minimum atomic E-state index is -3.89. The van der Waals surface area contributed by atoms with Gasteiger partial charge in [-0.25, -0.2) is 8.42 Å². The van der Waals surface area contributed by atoms with Gasteiger partial charge in [0.15, 0.2) is 0 Å². The first-order valence-corrected chi connectivity index (χ1v) is 15.6. The molecule has 0 unspecified atom stereocenters. The molecular formula is C30H35Cl2N3O4S. The molecule has 3 rings (SSSR count). The van der Waals surface area contributed by atoms with Crippen LogP contribution in [0.5, 0.6) is 0 Å².